The number of ether oxygens (including phenoxy) is 1. The molecule has 1 aliphatic rings. The van der Waals surface area contributed by atoms with E-state index in [9.17, 15) is 9.90 Å². The van der Waals surface area contributed by atoms with E-state index in [4.69, 9.17) is 10.5 Å². The first-order chi connectivity index (χ1) is 9.15. The second-order valence-corrected chi connectivity index (χ2v) is 4.51. The minimum Gasteiger partial charge on any atom is -0.482 e. The SMILES string of the molecule is CNCc1ccc2c(c1)N(CC(O)CN)C(=O)CO2. The monoisotopic (exact) mass is 265 g/mol. The van der Waals surface area contributed by atoms with Crippen LogP contribution in [0.2, 0.25) is 0 Å². The zero-order valence-electron chi connectivity index (χ0n) is 10.9. The molecule has 1 aromatic carbocycles. The summed E-state index contributed by atoms with van der Waals surface area (Å²) in [6, 6.07) is 5.69. The summed E-state index contributed by atoms with van der Waals surface area (Å²) in [6.07, 6.45) is -0.733. The summed E-state index contributed by atoms with van der Waals surface area (Å²) in [5.74, 6) is 0.491. The predicted octanol–water partition coefficient (Wildman–Crippen LogP) is -0.549. The highest BCUT2D eigenvalue weighted by molar-refractivity contribution is 5.98. The smallest absolute Gasteiger partial charge is 0.265 e. The van der Waals surface area contributed by atoms with E-state index < -0.39 is 6.10 Å². The van der Waals surface area contributed by atoms with Gasteiger partial charge in [-0.15, -0.1) is 0 Å². The van der Waals surface area contributed by atoms with E-state index in [-0.39, 0.29) is 25.6 Å². The van der Waals surface area contributed by atoms with Crippen molar-refractivity contribution in [3.05, 3.63) is 23.8 Å². The van der Waals surface area contributed by atoms with Gasteiger partial charge in [0, 0.05) is 13.1 Å². The number of nitrogens with zero attached hydrogens (tertiary/aromatic N) is 1. The van der Waals surface area contributed by atoms with Gasteiger partial charge in [0.15, 0.2) is 6.61 Å². The lowest BCUT2D eigenvalue weighted by atomic mass is 10.1. The van der Waals surface area contributed by atoms with Crippen molar-refractivity contribution in [1.29, 1.82) is 0 Å². The Kier molecular flexibility index (Phi) is 4.36. The van der Waals surface area contributed by atoms with Gasteiger partial charge in [-0.1, -0.05) is 6.07 Å². The molecule has 104 valence electrons. The molecule has 0 aromatic heterocycles. The maximum atomic E-state index is 11.9. The van der Waals surface area contributed by atoms with Gasteiger partial charge in [-0.3, -0.25) is 4.79 Å². The molecule has 1 amide bonds. The summed E-state index contributed by atoms with van der Waals surface area (Å²) < 4.78 is 5.39. The Balaban J connectivity index is 2.30. The molecule has 1 unspecified atom stereocenters. The summed E-state index contributed by atoms with van der Waals surface area (Å²) in [5.41, 5.74) is 7.14. The van der Waals surface area contributed by atoms with Crippen LogP contribution in [-0.2, 0) is 11.3 Å². The largest absolute Gasteiger partial charge is 0.482 e. The summed E-state index contributed by atoms with van der Waals surface area (Å²) in [4.78, 5) is 13.4. The Bertz CT molecular complexity index is 464. The molecule has 2 rings (SSSR count). The minimum absolute atomic E-state index is 0.00430. The topological polar surface area (TPSA) is 87.8 Å². The van der Waals surface area contributed by atoms with Crippen molar-refractivity contribution < 1.29 is 14.6 Å². The number of benzene rings is 1. The van der Waals surface area contributed by atoms with Gasteiger partial charge in [0.25, 0.3) is 5.91 Å². The van der Waals surface area contributed by atoms with Crippen molar-refractivity contribution in [3.8, 4) is 5.75 Å². The Morgan fingerprint density at radius 2 is 2.37 bits per heavy atom. The average molecular weight is 265 g/mol. The van der Waals surface area contributed by atoms with Gasteiger partial charge in [-0.05, 0) is 24.7 Å². The molecular weight excluding hydrogens is 246 g/mol. The second-order valence-electron chi connectivity index (χ2n) is 4.51. The molecule has 0 saturated carbocycles. The molecule has 1 atom stereocenters. The maximum Gasteiger partial charge on any atom is 0.265 e. The van der Waals surface area contributed by atoms with Crippen LogP contribution in [0.1, 0.15) is 5.56 Å². The minimum atomic E-state index is -0.733. The van der Waals surface area contributed by atoms with Crippen LogP contribution in [0.25, 0.3) is 0 Å². The molecule has 4 N–H and O–H groups in total. The summed E-state index contributed by atoms with van der Waals surface area (Å²) in [5, 5.41) is 12.7. The van der Waals surface area contributed by atoms with Crippen LogP contribution in [0.4, 0.5) is 5.69 Å². The number of aliphatic hydroxyl groups excluding tert-OH is 1. The highest BCUT2D eigenvalue weighted by atomic mass is 16.5. The van der Waals surface area contributed by atoms with E-state index >= 15 is 0 Å². The number of hydrogen-bond acceptors (Lipinski definition) is 5. The quantitative estimate of drug-likeness (QED) is 0.665. The van der Waals surface area contributed by atoms with E-state index in [0.29, 0.717) is 18.0 Å². The predicted molar refractivity (Wildman–Crippen MR) is 72.1 cm³/mol. The Labute approximate surface area is 112 Å². The number of carbonyl (C=O) groups excluding carboxylic acids is 1. The molecule has 6 heteroatoms. The molecule has 0 radical (unpaired) electrons. The first-order valence-electron chi connectivity index (χ1n) is 6.24. The number of nitrogens with two attached hydrogens (primary N) is 1. The number of β-amino-alcohol motifs (C(OH)–C–C–N with tert-alkyl or cyclic N) is 1. The van der Waals surface area contributed by atoms with E-state index in [1.807, 2.05) is 25.2 Å². The molecule has 1 heterocycles. The van der Waals surface area contributed by atoms with E-state index in [0.717, 1.165) is 5.56 Å². The third-order valence-electron chi connectivity index (χ3n) is 3.01. The van der Waals surface area contributed by atoms with Gasteiger partial charge in [0.05, 0.1) is 18.3 Å². The zero-order valence-corrected chi connectivity index (χ0v) is 10.9. The number of rotatable bonds is 5. The first-order valence-corrected chi connectivity index (χ1v) is 6.24. The standard InChI is InChI=1S/C13H19N3O3/c1-15-6-9-2-3-12-11(4-9)16(7-10(17)5-14)13(18)8-19-12/h2-4,10,15,17H,5-8,14H2,1H3. The summed E-state index contributed by atoms with van der Waals surface area (Å²) in [6.45, 7) is 1.01. The Morgan fingerprint density at radius 3 is 3.05 bits per heavy atom. The van der Waals surface area contributed by atoms with Gasteiger partial charge >= 0.3 is 0 Å². The first kappa shape index (κ1) is 13.8. The summed E-state index contributed by atoms with van der Waals surface area (Å²) in [7, 11) is 1.86. The lowest BCUT2D eigenvalue weighted by Gasteiger charge is -2.31. The van der Waals surface area contributed by atoms with Crippen molar-refractivity contribution in [2.24, 2.45) is 5.73 Å². The fraction of sp³-hybridized carbons (Fsp3) is 0.462. The van der Waals surface area contributed by atoms with Gasteiger partial charge in [-0.25, -0.2) is 0 Å². The number of hydrogen-bond donors (Lipinski definition) is 3. The lowest BCUT2D eigenvalue weighted by molar-refractivity contribution is -0.121. The van der Waals surface area contributed by atoms with Gasteiger partial charge in [0.2, 0.25) is 0 Å². The third-order valence-corrected chi connectivity index (χ3v) is 3.01. The van der Waals surface area contributed by atoms with Crippen molar-refractivity contribution in [2.45, 2.75) is 12.6 Å². The molecule has 19 heavy (non-hydrogen) atoms. The summed E-state index contributed by atoms with van der Waals surface area (Å²) >= 11 is 0. The number of aliphatic hydroxyl groups is 1. The van der Waals surface area contributed by atoms with E-state index in [1.54, 1.807) is 0 Å². The van der Waals surface area contributed by atoms with Crippen LogP contribution in [0.3, 0.4) is 0 Å². The molecule has 0 spiro atoms. The van der Waals surface area contributed by atoms with E-state index in [1.165, 1.54) is 4.90 Å². The Morgan fingerprint density at radius 1 is 1.58 bits per heavy atom. The zero-order chi connectivity index (χ0) is 13.8. The third kappa shape index (κ3) is 3.04. The molecule has 1 aliphatic heterocycles. The molecule has 0 aliphatic carbocycles. The van der Waals surface area contributed by atoms with Gasteiger partial charge in [-0.2, -0.15) is 0 Å². The molecule has 0 saturated heterocycles. The van der Waals surface area contributed by atoms with Crippen molar-refractivity contribution in [1.82, 2.24) is 5.32 Å². The molecule has 1 aromatic rings. The maximum absolute atomic E-state index is 11.9. The second kappa shape index (κ2) is 6.01. The highest BCUT2D eigenvalue weighted by Crippen LogP contribution is 2.33. The fourth-order valence-electron chi connectivity index (χ4n) is 2.05. The van der Waals surface area contributed by atoms with Crippen LogP contribution in [-0.4, -0.2) is 43.9 Å². The normalized spacial score (nSPS) is 15.9. The number of carbonyl (C=O) groups is 1. The van der Waals surface area contributed by atoms with Crippen LogP contribution in [0.5, 0.6) is 5.75 Å². The molecular formula is C13H19N3O3. The number of amides is 1. The molecule has 0 bridgehead atoms. The average Bonchev–Trinajstić information content (AvgIpc) is 2.42. The van der Waals surface area contributed by atoms with Gasteiger partial charge in [0.1, 0.15) is 5.75 Å². The highest BCUT2D eigenvalue weighted by Gasteiger charge is 2.27. The fourth-order valence-corrected chi connectivity index (χ4v) is 2.05. The molecule has 6 nitrogen and oxygen atoms in total. The number of anilines is 1. The van der Waals surface area contributed by atoms with Crippen LogP contribution < -0.4 is 20.7 Å². The number of nitrogens with one attached hydrogen (secondary N) is 1. The van der Waals surface area contributed by atoms with Crippen LogP contribution in [0.15, 0.2) is 18.2 Å². The van der Waals surface area contributed by atoms with Crippen molar-refractivity contribution in [2.75, 3.05) is 31.6 Å². The van der Waals surface area contributed by atoms with Crippen molar-refractivity contribution in [3.63, 3.8) is 0 Å². The number of fused-ring (bicyclic) bond motifs is 1. The van der Waals surface area contributed by atoms with E-state index in [2.05, 4.69) is 5.32 Å². The van der Waals surface area contributed by atoms with Crippen LogP contribution >= 0.6 is 0 Å². The lowest BCUT2D eigenvalue weighted by Crippen LogP contribution is -2.45. The Hall–Kier alpha value is -1.63. The van der Waals surface area contributed by atoms with Gasteiger partial charge < -0.3 is 25.8 Å². The van der Waals surface area contributed by atoms with Crippen LogP contribution in [0, 0.1) is 0 Å². The molecule has 0 fully saturated rings. The van der Waals surface area contributed by atoms with Crippen molar-refractivity contribution >= 4 is 11.6 Å².